The largest absolute Gasteiger partial charge is 0.436 e. The average molecular weight is 272 g/mol. The predicted octanol–water partition coefficient (Wildman–Crippen LogP) is 3.22. The first-order valence-corrected chi connectivity index (χ1v) is 6.85. The van der Waals surface area contributed by atoms with Gasteiger partial charge in [0.2, 0.25) is 0 Å². The van der Waals surface area contributed by atoms with Crippen molar-refractivity contribution >= 4 is 0 Å². The van der Waals surface area contributed by atoms with Crippen LogP contribution < -0.4 is 10.1 Å². The summed E-state index contributed by atoms with van der Waals surface area (Å²) in [5, 5.41) is 2.93. The van der Waals surface area contributed by atoms with E-state index in [1.165, 1.54) is 17.5 Å². The van der Waals surface area contributed by atoms with Crippen molar-refractivity contribution in [3.05, 3.63) is 53.0 Å². The number of aryl methyl sites for hydroxylation is 2. The van der Waals surface area contributed by atoms with Gasteiger partial charge in [-0.15, -0.1) is 0 Å². The lowest BCUT2D eigenvalue weighted by atomic mass is 10.1. The van der Waals surface area contributed by atoms with Crippen LogP contribution in [0.4, 0.5) is 4.39 Å². The summed E-state index contributed by atoms with van der Waals surface area (Å²) in [4.78, 5) is 3.99. The van der Waals surface area contributed by atoms with Crippen molar-refractivity contribution in [1.29, 1.82) is 0 Å². The number of pyridine rings is 1. The maximum absolute atomic E-state index is 14.2. The molecule has 2 aromatic rings. The Bertz CT molecular complexity index is 628. The summed E-state index contributed by atoms with van der Waals surface area (Å²) in [5.74, 6) is 0.289. The van der Waals surface area contributed by atoms with Crippen molar-refractivity contribution in [1.82, 2.24) is 10.3 Å². The van der Waals surface area contributed by atoms with Gasteiger partial charge in [0.25, 0.3) is 5.88 Å². The molecule has 104 valence electrons. The number of ether oxygens (including phenoxy) is 1. The van der Waals surface area contributed by atoms with Crippen LogP contribution in [0.1, 0.15) is 23.1 Å². The highest BCUT2D eigenvalue weighted by Crippen LogP contribution is 2.29. The van der Waals surface area contributed by atoms with Crippen LogP contribution in [0.3, 0.4) is 0 Å². The highest BCUT2D eigenvalue weighted by atomic mass is 19.1. The Morgan fingerprint density at radius 3 is 2.95 bits per heavy atom. The van der Waals surface area contributed by atoms with E-state index in [9.17, 15) is 4.39 Å². The third-order valence-corrected chi connectivity index (χ3v) is 3.59. The first-order valence-electron chi connectivity index (χ1n) is 6.85. The number of hydrogen-bond donors (Lipinski definition) is 1. The van der Waals surface area contributed by atoms with E-state index in [1.54, 1.807) is 19.3 Å². The Kier molecular flexibility index (Phi) is 3.65. The molecule has 4 heteroatoms. The van der Waals surface area contributed by atoms with Crippen LogP contribution in [0.5, 0.6) is 11.6 Å². The van der Waals surface area contributed by atoms with Gasteiger partial charge in [-0.05, 0) is 55.6 Å². The molecule has 0 amide bonds. The first kappa shape index (κ1) is 13.1. The number of benzene rings is 1. The molecule has 1 aromatic heterocycles. The molecule has 0 atom stereocenters. The average Bonchev–Trinajstić information content (AvgIpc) is 2.91. The van der Waals surface area contributed by atoms with E-state index in [0.29, 0.717) is 17.9 Å². The number of nitrogens with one attached hydrogen (secondary N) is 1. The zero-order chi connectivity index (χ0) is 13.9. The second-order valence-corrected chi connectivity index (χ2v) is 5.01. The van der Waals surface area contributed by atoms with E-state index in [-0.39, 0.29) is 5.88 Å². The van der Waals surface area contributed by atoms with E-state index >= 15 is 0 Å². The molecule has 1 aliphatic carbocycles. The fraction of sp³-hybridized carbons (Fsp3) is 0.312. The Morgan fingerprint density at radius 1 is 1.25 bits per heavy atom. The Hall–Kier alpha value is -1.94. The van der Waals surface area contributed by atoms with Crippen molar-refractivity contribution < 1.29 is 9.13 Å². The second-order valence-electron chi connectivity index (χ2n) is 5.01. The van der Waals surface area contributed by atoms with E-state index < -0.39 is 5.82 Å². The molecule has 0 saturated heterocycles. The van der Waals surface area contributed by atoms with Gasteiger partial charge < -0.3 is 10.1 Å². The van der Waals surface area contributed by atoms with E-state index in [2.05, 4.69) is 16.4 Å². The van der Waals surface area contributed by atoms with E-state index in [1.807, 2.05) is 12.1 Å². The molecule has 1 aliphatic rings. The number of rotatable bonds is 4. The maximum atomic E-state index is 14.2. The van der Waals surface area contributed by atoms with Crippen LogP contribution >= 0.6 is 0 Å². The monoisotopic (exact) mass is 272 g/mol. The van der Waals surface area contributed by atoms with Crippen molar-refractivity contribution in [2.24, 2.45) is 0 Å². The van der Waals surface area contributed by atoms with Crippen LogP contribution in [0, 0.1) is 5.82 Å². The van der Waals surface area contributed by atoms with Crippen molar-refractivity contribution in [3.63, 3.8) is 0 Å². The molecule has 0 saturated carbocycles. The van der Waals surface area contributed by atoms with E-state index in [4.69, 9.17) is 4.74 Å². The van der Waals surface area contributed by atoms with E-state index in [0.717, 1.165) is 12.8 Å². The van der Waals surface area contributed by atoms with Crippen LogP contribution in [-0.4, -0.2) is 12.0 Å². The third-order valence-electron chi connectivity index (χ3n) is 3.59. The quantitative estimate of drug-likeness (QED) is 0.928. The van der Waals surface area contributed by atoms with Gasteiger partial charge in [-0.3, -0.25) is 0 Å². The molecule has 20 heavy (non-hydrogen) atoms. The Labute approximate surface area is 117 Å². The van der Waals surface area contributed by atoms with Crippen LogP contribution in [0.25, 0.3) is 0 Å². The smallest absolute Gasteiger partial charge is 0.256 e. The van der Waals surface area contributed by atoms with Crippen LogP contribution in [0.2, 0.25) is 0 Å². The standard InChI is InChI=1S/C16H17FN2O/c1-18-10-13-7-8-19-16(15(13)17)20-14-6-5-11-3-2-4-12(11)9-14/h5-9,18H,2-4,10H2,1H3. The molecule has 0 bridgehead atoms. The summed E-state index contributed by atoms with van der Waals surface area (Å²) in [6, 6.07) is 7.60. The van der Waals surface area contributed by atoms with Gasteiger partial charge in [0, 0.05) is 18.3 Å². The molecule has 0 unspecified atom stereocenters. The van der Waals surface area contributed by atoms with Crippen molar-refractivity contribution in [3.8, 4) is 11.6 Å². The molecular formula is C16H17FN2O. The molecule has 1 N–H and O–H groups in total. The normalized spacial score (nSPS) is 13.3. The molecule has 0 fully saturated rings. The summed E-state index contributed by atoms with van der Waals surface area (Å²) >= 11 is 0. The SMILES string of the molecule is CNCc1ccnc(Oc2ccc3c(c2)CCC3)c1F. The van der Waals surface area contributed by atoms with Gasteiger partial charge in [0.05, 0.1) is 0 Å². The summed E-state index contributed by atoms with van der Waals surface area (Å²) in [6.07, 6.45) is 4.95. The number of aromatic nitrogens is 1. The fourth-order valence-corrected chi connectivity index (χ4v) is 2.58. The molecule has 0 radical (unpaired) electrons. The minimum Gasteiger partial charge on any atom is -0.436 e. The van der Waals surface area contributed by atoms with Gasteiger partial charge in [-0.25, -0.2) is 9.37 Å². The number of halogens is 1. The van der Waals surface area contributed by atoms with Crippen molar-refractivity contribution in [2.45, 2.75) is 25.8 Å². The molecule has 3 rings (SSSR count). The molecule has 3 nitrogen and oxygen atoms in total. The van der Waals surface area contributed by atoms with Gasteiger partial charge >= 0.3 is 0 Å². The topological polar surface area (TPSA) is 34.2 Å². The minimum absolute atomic E-state index is 0.0377. The minimum atomic E-state index is -0.401. The third kappa shape index (κ3) is 2.51. The van der Waals surface area contributed by atoms with Crippen molar-refractivity contribution in [2.75, 3.05) is 7.05 Å². The number of fused-ring (bicyclic) bond motifs is 1. The lowest BCUT2D eigenvalue weighted by molar-refractivity contribution is 0.417. The number of hydrogen-bond acceptors (Lipinski definition) is 3. The molecular weight excluding hydrogens is 255 g/mol. The van der Waals surface area contributed by atoms with Gasteiger partial charge in [-0.2, -0.15) is 0 Å². The van der Waals surface area contributed by atoms with Crippen LogP contribution in [-0.2, 0) is 19.4 Å². The summed E-state index contributed by atoms with van der Waals surface area (Å²) in [7, 11) is 1.78. The number of nitrogens with zero attached hydrogens (tertiary/aromatic N) is 1. The maximum Gasteiger partial charge on any atom is 0.256 e. The summed E-state index contributed by atoms with van der Waals surface area (Å²) < 4.78 is 19.8. The zero-order valence-electron chi connectivity index (χ0n) is 11.4. The lowest BCUT2D eigenvalue weighted by Crippen LogP contribution is -2.08. The highest BCUT2D eigenvalue weighted by molar-refractivity contribution is 5.40. The molecule has 1 heterocycles. The van der Waals surface area contributed by atoms with Gasteiger partial charge in [0.1, 0.15) is 5.75 Å². The molecule has 0 aliphatic heterocycles. The predicted molar refractivity (Wildman–Crippen MR) is 75.5 cm³/mol. The highest BCUT2D eigenvalue weighted by Gasteiger charge is 2.14. The Balaban J connectivity index is 1.86. The fourth-order valence-electron chi connectivity index (χ4n) is 2.58. The first-order chi connectivity index (χ1) is 9.78. The Morgan fingerprint density at radius 2 is 2.10 bits per heavy atom. The van der Waals surface area contributed by atoms with Crippen LogP contribution in [0.15, 0.2) is 30.5 Å². The second kappa shape index (κ2) is 5.59. The molecule has 1 aromatic carbocycles. The summed E-state index contributed by atoms with van der Waals surface area (Å²) in [6.45, 7) is 0.453. The molecule has 0 spiro atoms. The lowest BCUT2D eigenvalue weighted by Gasteiger charge is -2.09. The van der Waals surface area contributed by atoms with Gasteiger partial charge in [-0.1, -0.05) is 6.07 Å². The zero-order valence-corrected chi connectivity index (χ0v) is 11.4. The summed E-state index contributed by atoms with van der Waals surface area (Å²) in [5.41, 5.74) is 3.22. The van der Waals surface area contributed by atoms with Gasteiger partial charge in [0.15, 0.2) is 5.82 Å².